The van der Waals surface area contributed by atoms with Crippen LogP contribution in [0.4, 0.5) is 5.69 Å². The van der Waals surface area contributed by atoms with Crippen molar-refractivity contribution in [2.75, 3.05) is 38.1 Å². The molecule has 0 radical (unpaired) electrons. The van der Waals surface area contributed by atoms with Gasteiger partial charge in [-0.15, -0.1) is 0 Å². The number of piperidine rings is 1. The quantitative estimate of drug-likeness (QED) is 0.227. The van der Waals surface area contributed by atoms with Gasteiger partial charge >= 0.3 is 5.69 Å². The van der Waals surface area contributed by atoms with E-state index in [4.69, 9.17) is 0 Å². The van der Waals surface area contributed by atoms with Crippen molar-refractivity contribution >= 4 is 33.4 Å². The highest BCUT2D eigenvalue weighted by molar-refractivity contribution is 9.10. The molecule has 11 nitrogen and oxygen atoms in total. The molecule has 3 aromatic carbocycles. The molecular weight excluding hydrogens is 732 g/mol. The molecule has 2 saturated heterocycles. The Labute approximate surface area is 317 Å². The highest BCUT2D eigenvalue weighted by Crippen LogP contribution is 2.40. The Bertz CT molecular complexity index is 2230. The van der Waals surface area contributed by atoms with Crippen LogP contribution in [0.15, 0.2) is 94.6 Å². The van der Waals surface area contributed by atoms with E-state index < -0.39 is 5.91 Å². The Kier molecular flexibility index (Phi) is 9.28. The number of nitrogens with zero attached hydrogens (tertiary/aromatic N) is 7. The van der Waals surface area contributed by atoms with Gasteiger partial charge in [0.15, 0.2) is 0 Å². The fraction of sp³-hybridized carbons (Fsp3) is 0.341. The minimum absolute atomic E-state index is 0.112. The van der Waals surface area contributed by atoms with Gasteiger partial charge in [0.25, 0.3) is 11.8 Å². The maximum atomic E-state index is 14.5. The lowest BCUT2D eigenvalue weighted by Gasteiger charge is -2.53. The van der Waals surface area contributed by atoms with Gasteiger partial charge in [0.05, 0.1) is 23.6 Å². The van der Waals surface area contributed by atoms with Crippen molar-refractivity contribution in [2.24, 2.45) is 5.41 Å². The lowest BCUT2D eigenvalue weighted by atomic mass is 9.72. The topological polar surface area (TPSA) is 109 Å². The molecule has 1 atom stereocenters. The molecule has 3 aliphatic rings. The van der Waals surface area contributed by atoms with Gasteiger partial charge in [-0.25, -0.2) is 14.8 Å². The summed E-state index contributed by atoms with van der Waals surface area (Å²) in [6, 6.07) is 22.8. The van der Waals surface area contributed by atoms with Crippen LogP contribution in [0, 0.1) is 12.3 Å². The van der Waals surface area contributed by atoms with Crippen molar-refractivity contribution in [3.63, 3.8) is 0 Å². The Hall–Kier alpha value is -5.07. The first kappa shape index (κ1) is 35.0. The normalized spacial score (nSPS) is 18.1. The molecule has 3 aliphatic heterocycles. The third-order valence-corrected chi connectivity index (χ3v) is 12.1. The Morgan fingerprint density at radius 1 is 0.981 bits per heavy atom. The summed E-state index contributed by atoms with van der Waals surface area (Å²) in [7, 11) is 2.19. The van der Waals surface area contributed by atoms with E-state index in [2.05, 4.69) is 60.2 Å². The molecule has 1 spiro atoms. The zero-order valence-electron chi connectivity index (χ0n) is 30.3. The van der Waals surface area contributed by atoms with E-state index in [1.54, 1.807) is 21.7 Å². The molecule has 272 valence electrons. The summed E-state index contributed by atoms with van der Waals surface area (Å²) in [6.45, 7) is 8.81. The number of rotatable bonds is 7. The van der Waals surface area contributed by atoms with Gasteiger partial charge < -0.3 is 20.0 Å². The second kappa shape index (κ2) is 14.1. The summed E-state index contributed by atoms with van der Waals surface area (Å²) in [5.74, 6) is -0.545. The smallest absolute Gasteiger partial charge is 0.333 e. The lowest BCUT2D eigenvalue weighted by Crippen LogP contribution is -2.58. The van der Waals surface area contributed by atoms with Gasteiger partial charge in [0, 0.05) is 72.8 Å². The van der Waals surface area contributed by atoms with Crippen LogP contribution < -0.4 is 15.9 Å². The first-order valence-corrected chi connectivity index (χ1v) is 19.0. The second-order valence-electron chi connectivity index (χ2n) is 14.9. The molecule has 2 amide bonds. The van der Waals surface area contributed by atoms with Gasteiger partial charge in [-0.3, -0.25) is 18.7 Å². The predicted octanol–water partition coefficient (Wildman–Crippen LogP) is 5.67. The molecule has 8 rings (SSSR count). The number of imidazole rings is 1. The minimum Gasteiger partial charge on any atom is -0.371 e. The largest absolute Gasteiger partial charge is 0.371 e. The van der Waals surface area contributed by atoms with Gasteiger partial charge in [-0.1, -0.05) is 40.2 Å². The molecule has 12 heteroatoms. The Morgan fingerprint density at radius 2 is 1.72 bits per heavy atom. The number of carbonyl (C=O) groups is 2. The van der Waals surface area contributed by atoms with Crippen molar-refractivity contribution in [3.05, 3.63) is 128 Å². The van der Waals surface area contributed by atoms with Crippen LogP contribution >= 0.6 is 15.9 Å². The van der Waals surface area contributed by atoms with Crippen LogP contribution in [0.25, 0.3) is 16.9 Å². The van der Waals surface area contributed by atoms with Crippen LogP contribution in [-0.2, 0) is 19.6 Å². The predicted molar refractivity (Wildman–Crippen MR) is 208 cm³/mol. The van der Waals surface area contributed by atoms with E-state index >= 15 is 0 Å². The third-order valence-electron chi connectivity index (χ3n) is 11.2. The van der Waals surface area contributed by atoms with E-state index in [1.165, 1.54) is 36.8 Å². The number of benzene rings is 3. The molecule has 5 aromatic rings. The molecule has 2 aromatic heterocycles. The van der Waals surface area contributed by atoms with Crippen LogP contribution in [0.1, 0.15) is 57.4 Å². The summed E-state index contributed by atoms with van der Waals surface area (Å²) in [5, 5.41) is 3.11. The summed E-state index contributed by atoms with van der Waals surface area (Å²) in [5.41, 5.74) is 6.61. The highest BCUT2D eigenvalue weighted by atomic mass is 79.9. The SMILES string of the molecule is Cc1cc(C(=O)N2Cc3c(C(=O)NCc4ccccc4-c4ccncn4)n(-c4ccc(N5CCC6(CC5)CN(C)C6)cc4)c(=O)n3C[C@@H]2C)ccc1Br. The van der Waals surface area contributed by atoms with Gasteiger partial charge in [0.2, 0.25) is 0 Å². The van der Waals surface area contributed by atoms with Crippen molar-refractivity contribution in [1.82, 2.24) is 34.2 Å². The van der Waals surface area contributed by atoms with Crippen molar-refractivity contribution in [1.29, 1.82) is 0 Å². The molecule has 0 unspecified atom stereocenters. The first-order chi connectivity index (χ1) is 25.6. The minimum atomic E-state index is -0.398. The number of aryl methyl sites for hydroxylation is 1. The van der Waals surface area contributed by atoms with Crippen LogP contribution in [0.2, 0.25) is 0 Å². The zero-order chi connectivity index (χ0) is 36.9. The average Bonchev–Trinajstić information content (AvgIpc) is 3.45. The van der Waals surface area contributed by atoms with E-state index in [0.717, 1.165) is 45.6 Å². The van der Waals surface area contributed by atoms with E-state index in [1.807, 2.05) is 68.4 Å². The highest BCUT2D eigenvalue weighted by Gasteiger charge is 2.43. The Balaban J connectivity index is 1.13. The zero-order valence-corrected chi connectivity index (χ0v) is 31.8. The van der Waals surface area contributed by atoms with Gasteiger partial charge in [-0.2, -0.15) is 0 Å². The van der Waals surface area contributed by atoms with Crippen LogP contribution in [0.5, 0.6) is 0 Å². The number of halogens is 1. The maximum Gasteiger partial charge on any atom is 0.333 e. The summed E-state index contributed by atoms with van der Waals surface area (Å²) in [4.78, 5) is 57.8. The molecule has 0 saturated carbocycles. The molecule has 5 heterocycles. The van der Waals surface area contributed by atoms with Crippen LogP contribution in [-0.4, -0.2) is 80.0 Å². The van der Waals surface area contributed by atoms with Gasteiger partial charge in [-0.05, 0) is 98.8 Å². The number of likely N-dealkylation sites (tertiary alicyclic amines) is 1. The van der Waals surface area contributed by atoms with Crippen molar-refractivity contribution in [2.45, 2.75) is 52.4 Å². The van der Waals surface area contributed by atoms with E-state index in [0.29, 0.717) is 22.4 Å². The molecule has 2 fully saturated rings. The Morgan fingerprint density at radius 3 is 2.42 bits per heavy atom. The van der Waals surface area contributed by atoms with Crippen molar-refractivity contribution < 1.29 is 9.59 Å². The van der Waals surface area contributed by atoms with E-state index in [9.17, 15) is 14.4 Å². The third kappa shape index (κ3) is 6.59. The number of amides is 2. The molecular formula is C41H43BrN8O3. The number of fused-ring (bicyclic) bond motifs is 1. The molecule has 1 N–H and O–H groups in total. The van der Waals surface area contributed by atoms with E-state index in [-0.39, 0.29) is 43.0 Å². The van der Waals surface area contributed by atoms with Crippen LogP contribution in [0.3, 0.4) is 0 Å². The number of hydrogen-bond acceptors (Lipinski definition) is 7. The molecule has 0 aliphatic carbocycles. The summed E-state index contributed by atoms with van der Waals surface area (Å²) >= 11 is 3.53. The molecule has 53 heavy (non-hydrogen) atoms. The van der Waals surface area contributed by atoms with Crippen molar-refractivity contribution in [3.8, 4) is 16.9 Å². The summed E-state index contributed by atoms with van der Waals surface area (Å²) < 4.78 is 4.11. The number of hydrogen-bond donors (Lipinski definition) is 1. The average molecular weight is 776 g/mol. The number of anilines is 1. The number of carbonyl (C=O) groups excluding carboxylic acids is 2. The fourth-order valence-corrected chi connectivity index (χ4v) is 8.65. The maximum absolute atomic E-state index is 14.5. The number of nitrogens with one attached hydrogen (secondary N) is 1. The molecule has 0 bridgehead atoms. The fourth-order valence-electron chi connectivity index (χ4n) is 8.41. The lowest BCUT2D eigenvalue weighted by molar-refractivity contribution is 0.00132. The summed E-state index contributed by atoms with van der Waals surface area (Å²) in [6.07, 6.45) is 5.53. The standard InChI is InChI=1S/C41H43BrN8O3/c1-27-20-29(8-13-34(27)42)39(52)48-23-36-37(38(51)44-21-30-6-4-5-7-33(30)35-14-17-43-26-45-35)50(40(53)49(36)22-28(48)2)32-11-9-31(10-12-32)47-18-15-41(16-19-47)24-46(3)25-41/h4-14,17,20,26,28H,15-16,18-19,21-25H2,1-3H3,(H,44,51)/t28-/m0/s1. The second-order valence-corrected chi connectivity index (χ2v) is 15.7. The first-order valence-electron chi connectivity index (χ1n) is 18.2. The number of aromatic nitrogens is 4. The van der Waals surface area contributed by atoms with Gasteiger partial charge in [0.1, 0.15) is 12.0 Å². The monoisotopic (exact) mass is 774 g/mol.